The van der Waals surface area contributed by atoms with Crippen molar-refractivity contribution in [2.24, 2.45) is 0 Å². The lowest BCUT2D eigenvalue weighted by Gasteiger charge is -2.54. The maximum Gasteiger partial charge on any atom is 0.426 e. The van der Waals surface area contributed by atoms with Gasteiger partial charge in [0, 0.05) is 29.1 Å². The van der Waals surface area contributed by atoms with Crippen LogP contribution in [-0.2, 0) is 20.9 Å². The van der Waals surface area contributed by atoms with Crippen molar-refractivity contribution in [2.45, 2.75) is 37.5 Å². The molecular formula is C33H34Cl2N4O4. The third-order valence-electron chi connectivity index (χ3n) is 8.04. The van der Waals surface area contributed by atoms with E-state index in [4.69, 9.17) is 27.9 Å². The number of halogens is 2. The molecular weight excluding hydrogens is 587 g/mol. The van der Waals surface area contributed by atoms with Crippen LogP contribution in [0.4, 0.5) is 4.79 Å². The third kappa shape index (κ3) is 6.56. The minimum atomic E-state index is -0.801. The molecule has 2 saturated heterocycles. The lowest BCUT2D eigenvalue weighted by molar-refractivity contribution is -0.193. The number of benzene rings is 3. The van der Waals surface area contributed by atoms with Gasteiger partial charge < -0.3 is 14.5 Å². The number of amides is 3. The number of hydrogen-bond acceptors (Lipinski definition) is 5. The van der Waals surface area contributed by atoms with Gasteiger partial charge >= 0.3 is 6.09 Å². The molecule has 0 spiro atoms. The Balaban J connectivity index is 1.52. The Morgan fingerprint density at radius 2 is 1.67 bits per heavy atom. The van der Waals surface area contributed by atoms with Gasteiger partial charge in [-0.05, 0) is 41.7 Å². The Hall–Kier alpha value is -3.85. The fourth-order valence-corrected chi connectivity index (χ4v) is 6.53. The molecule has 0 bridgehead atoms. The first-order chi connectivity index (χ1) is 20.8. The molecule has 2 atom stereocenters. The monoisotopic (exact) mass is 620 g/mol. The highest BCUT2D eigenvalue weighted by molar-refractivity contribution is 6.35. The molecule has 2 aliphatic rings. The molecule has 10 heteroatoms. The molecule has 3 aromatic carbocycles. The summed E-state index contributed by atoms with van der Waals surface area (Å²) in [6.45, 7) is 4.25. The van der Waals surface area contributed by atoms with Gasteiger partial charge in [0.25, 0.3) is 0 Å². The molecule has 1 unspecified atom stereocenters. The maximum absolute atomic E-state index is 14.2. The number of carbonyl (C=O) groups excluding carboxylic acids is 3. The molecule has 2 aliphatic heterocycles. The van der Waals surface area contributed by atoms with Gasteiger partial charge in [0.05, 0.1) is 20.2 Å². The number of hydrazine groups is 1. The zero-order valence-electron chi connectivity index (χ0n) is 23.9. The summed E-state index contributed by atoms with van der Waals surface area (Å²) < 4.78 is 5.15. The van der Waals surface area contributed by atoms with Gasteiger partial charge in [-0.15, -0.1) is 6.58 Å². The summed E-state index contributed by atoms with van der Waals surface area (Å²) in [5.41, 5.74) is 2.96. The van der Waals surface area contributed by atoms with Gasteiger partial charge in [0.1, 0.15) is 12.2 Å². The highest BCUT2D eigenvalue weighted by atomic mass is 35.5. The average molecular weight is 622 g/mol. The number of fused-ring (bicyclic) bond motifs is 1. The first-order valence-electron chi connectivity index (χ1n) is 14.2. The average Bonchev–Trinajstić information content (AvgIpc) is 3.01. The van der Waals surface area contributed by atoms with Gasteiger partial charge in [-0.2, -0.15) is 0 Å². The smallest absolute Gasteiger partial charge is 0.426 e. The van der Waals surface area contributed by atoms with Crippen molar-refractivity contribution < 1.29 is 19.1 Å². The Morgan fingerprint density at radius 3 is 2.26 bits per heavy atom. The van der Waals surface area contributed by atoms with E-state index in [9.17, 15) is 14.4 Å². The summed E-state index contributed by atoms with van der Waals surface area (Å²) >= 11 is 12.6. The van der Waals surface area contributed by atoms with Crippen molar-refractivity contribution in [1.82, 2.24) is 19.8 Å². The number of piperazine rings is 1. The van der Waals surface area contributed by atoms with Crippen LogP contribution in [0.1, 0.15) is 35.4 Å². The van der Waals surface area contributed by atoms with E-state index in [-0.39, 0.29) is 43.9 Å². The third-order valence-corrected chi connectivity index (χ3v) is 8.63. The van der Waals surface area contributed by atoms with Crippen molar-refractivity contribution in [2.75, 3.05) is 26.7 Å². The SMILES string of the molecule is C=CCN1CC(=O)N2C(CN(Cc3ccc(Cl)cc3Cl)C(=O)[C@@H]2CCC(c2ccccc2)c2ccccc2)N1C(=O)OC. The topological polar surface area (TPSA) is 73.4 Å². The predicted octanol–water partition coefficient (Wildman–Crippen LogP) is 5.96. The number of methoxy groups -OCH3 is 1. The van der Waals surface area contributed by atoms with E-state index in [0.29, 0.717) is 28.5 Å². The molecule has 3 amide bonds. The zero-order valence-corrected chi connectivity index (χ0v) is 25.5. The number of carbonyl (C=O) groups is 3. The van der Waals surface area contributed by atoms with Crippen LogP contribution in [0, 0.1) is 0 Å². The minimum absolute atomic E-state index is 0.00334. The molecule has 2 fully saturated rings. The van der Waals surface area contributed by atoms with Crippen LogP contribution >= 0.6 is 23.2 Å². The second-order valence-electron chi connectivity index (χ2n) is 10.7. The second kappa shape index (κ2) is 13.6. The molecule has 0 N–H and O–H groups in total. The van der Waals surface area contributed by atoms with E-state index in [2.05, 4.69) is 30.8 Å². The highest BCUT2D eigenvalue weighted by Gasteiger charge is 2.51. The lowest BCUT2D eigenvalue weighted by Crippen LogP contribution is -2.75. The van der Waals surface area contributed by atoms with Crippen LogP contribution in [-0.4, -0.2) is 76.7 Å². The molecule has 224 valence electrons. The van der Waals surface area contributed by atoms with Gasteiger partial charge in [0.15, 0.2) is 0 Å². The molecule has 5 rings (SSSR count). The van der Waals surface area contributed by atoms with E-state index >= 15 is 0 Å². The fraction of sp³-hybridized carbons (Fsp3) is 0.303. The largest absolute Gasteiger partial charge is 0.452 e. The molecule has 3 aromatic rings. The van der Waals surface area contributed by atoms with Crippen LogP contribution in [0.5, 0.6) is 0 Å². The summed E-state index contributed by atoms with van der Waals surface area (Å²) in [7, 11) is 1.30. The van der Waals surface area contributed by atoms with Crippen LogP contribution in [0.15, 0.2) is 91.5 Å². The minimum Gasteiger partial charge on any atom is -0.452 e. The van der Waals surface area contributed by atoms with Gasteiger partial charge in [-0.25, -0.2) is 14.8 Å². The predicted molar refractivity (Wildman–Crippen MR) is 166 cm³/mol. The van der Waals surface area contributed by atoms with Crippen LogP contribution < -0.4 is 0 Å². The second-order valence-corrected chi connectivity index (χ2v) is 11.5. The normalized spacial score (nSPS) is 19.0. The molecule has 0 aromatic heterocycles. The van der Waals surface area contributed by atoms with Crippen molar-refractivity contribution in [3.63, 3.8) is 0 Å². The standard InChI is InChI=1S/C33H34Cl2N4O4/c1-3-18-37-22-31(40)38-29(17-16-27(23-10-6-4-7-11-23)24-12-8-5-9-13-24)32(41)36(21-30(38)39(37)33(42)43-2)20-25-14-15-26(34)19-28(25)35/h3-15,19,27,29-30H,1,16-18,20-22H2,2H3/t29-,30?/m0/s1. The van der Waals surface area contributed by atoms with Crippen molar-refractivity contribution in [3.05, 3.63) is 118 Å². The summed E-state index contributed by atoms with van der Waals surface area (Å²) in [5, 5.41) is 3.97. The van der Waals surface area contributed by atoms with E-state index < -0.39 is 18.3 Å². The molecule has 0 radical (unpaired) electrons. The number of hydrogen-bond donors (Lipinski definition) is 0. The number of nitrogens with zero attached hydrogens (tertiary/aromatic N) is 4. The van der Waals surface area contributed by atoms with Crippen LogP contribution in [0.25, 0.3) is 0 Å². The van der Waals surface area contributed by atoms with Crippen molar-refractivity contribution in [3.8, 4) is 0 Å². The van der Waals surface area contributed by atoms with Crippen molar-refractivity contribution >= 4 is 41.1 Å². The molecule has 8 nitrogen and oxygen atoms in total. The number of rotatable bonds is 9. The Morgan fingerprint density at radius 1 is 1.02 bits per heavy atom. The highest BCUT2D eigenvalue weighted by Crippen LogP contribution is 2.35. The molecule has 0 aliphatic carbocycles. The zero-order chi connectivity index (χ0) is 30.5. The quantitative estimate of drug-likeness (QED) is 0.276. The summed E-state index contributed by atoms with van der Waals surface area (Å²) in [5.74, 6) is -0.424. The number of ether oxygens (including phenoxy) is 1. The van der Waals surface area contributed by atoms with Crippen LogP contribution in [0.3, 0.4) is 0 Å². The van der Waals surface area contributed by atoms with Crippen molar-refractivity contribution in [1.29, 1.82) is 0 Å². The maximum atomic E-state index is 14.2. The van der Waals surface area contributed by atoms with Crippen LogP contribution in [0.2, 0.25) is 10.0 Å². The summed E-state index contributed by atoms with van der Waals surface area (Å²) in [6.07, 6.45) is 1.23. The van der Waals surface area contributed by atoms with E-state index in [1.807, 2.05) is 36.4 Å². The lowest BCUT2D eigenvalue weighted by atomic mass is 9.85. The summed E-state index contributed by atoms with van der Waals surface area (Å²) in [4.78, 5) is 44.4. The van der Waals surface area contributed by atoms with Gasteiger partial charge in [-0.3, -0.25) is 9.59 Å². The Labute approximate surface area is 262 Å². The van der Waals surface area contributed by atoms with E-state index in [1.165, 1.54) is 12.1 Å². The molecule has 0 saturated carbocycles. The Kier molecular flexibility index (Phi) is 9.70. The Bertz CT molecular complexity index is 1430. The molecule has 2 heterocycles. The molecule has 43 heavy (non-hydrogen) atoms. The van der Waals surface area contributed by atoms with Gasteiger partial charge in [0.2, 0.25) is 11.8 Å². The van der Waals surface area contributed by atoms with Gasteiger partial charge in [-0.1, -0.05) is 96.0 Å². The van der Waals surface area contributed by atoms with E-state index in [0.717, 1.165) is 11.1 Å². The first-order valence-corrected chi connectivity index (χ1v) is 14.9. The fourth-order valence-electron chi connectivity index (χ4n) is 6.06. The van der Waals surface area contributed by atoms with E-state index in [1.54, 1.807) is 39.1 Å². The first kappa shape index (κ1) is 30.6. The summed E-state index contributed by atoms with van der Waals surface area (Å²) in [6, 6.07) is 24.6.